The zero-order chi connectivity index (χ0) is 13.5. The first-order valence-corrected chi connectivity index (χ1v) is 6.34. The Balaban J connectivity index is 2.31. The van der Waals surface area contributed by atoms with E-state index >= 15 is 0 Å². The second kappa shape index (κ2) is 7.31. The Morgan fingerprint density at radius 1 is 1.17 bits per heavy atom. The van der Waals surface area contributed by atoms with E-state index in [4.69, 9.17) is 4.74 Å². The van der Waals surface area contributed by atoms with E-state index in [2.05, 4.69) is 19.2 Å². The van der Waals surface area contributed by atoms with Crippen molar-refractivity contribution in [2.75, 3.05) is 6.54 Å². The molecule has 0 aliphatic rings. The molecule has 0 bridgehead atoms. The second-order valence-electron chi connectivity index (χ2n) is 4.76. The van der Waals surface area contributed by atoms with Crippen molar-refractivity contribution in [3.63, 3.8) is 0 Å². The van der Waals surface area contributed by atoms with Gasteiger partial charge >= 0.3 is 0 Å². The molecule has 0 saturated carbocycles. The maximum Gasteiger partial charge on any atom is 0.162 e. The van der Waals surface area contributed by atoms with E-state index < -0.39 is 11.6 Å². The van der Waals surface area contributed by atoms with Crippen LogP contribution in [0.5, 0.6) is 5.75 Å². The number of hydrogen-bond acceptors (Lipinski definition) is 2. The monoisotopic (exact) mass is 257 g/mol. The molecular weight excluding hydrogens is 236 g/mol. The zero-order valence-electron chi connectivity index (χ0n) is 11.2. The van der Waals surface area contributed by atoms with Crippen LogP contribution in [0.25, 0.3) is 0 Å². The number of ether oxygens (including phenoxy) is 1. The first-order valence-electron chi connectivity index (χ1n) is 6.34. The summed E-state index contributed by atoms with van der Waals surface area (Å²) in [6.45, 7) is 7.06. The van der Waals surface area contributed by atoms with E-state index in [1.54, 1.807) is 0 Å². The van der Waals surface area contributed by atoms with Crippen LogP contribution in [-0.4, -0.2) is 18.7 Å². The van der Waals surface area contributed by atoms with Crippen molar-refractivity contribution in [3.8, 4) is 5.75 Å². The van der Waals surface area contributed by atoms with Crippen molar-refractivity contribution >= 4 is 0 Å². The molecule has 1 atom stereocenters. The van der Waals surface area contributed by atoms with Gasteiger partial charge in [0.25, 0.3) is 0 Å². The Hall–Kier alpha value is -1.16. The fraction of sp³-hybridized carbons (Fsp3) is 0.571. The fourth-order valence-electron chi connectivity index (χ4n) is 1.62. The summed E-state index contributed by atoms with van der Waals surface area (Å²) in [4.78, 5) is 0. The predicted octanol–water partition coefficient (Wildman–Crippen LogP) is 3.51. The van der Waals surface area contributed by atoms with Gasteiger partial charge in [-0.3, -0.25) is 0 Å². The number of hydrogen-bond donors (Lipinski definition) is 1. The largest absolute Gasteiger partial charge is 0.491 e. The second-order valence-corrected chi connectivity index (χ2v) is 4.76. The highest BCUT2D eigenvalue weighted by Gasteiger charge is 2.07. The van der Waals surface area contributed by atoms with Gasteiger partial charge in [0.1, 0.15) is 5.75 Å². The normalized spacial score (nSPS) is 12.8. The van der Waals surface area contributed by atoms with E-state index in [0.29, 0.717) is 11.8 Å². The Labute approximate surface area is 107 Å². The van der Waals surface area contributed by atoms with Crippen LogP contribution in [0.2, 0.25) is 0 Å². The van der Waals surface area contributed by atoms with Gasteiger partial charge in [-0.2, -0.15) is 0 Å². The van der Waals surface area contributed by atoms with Crippen molar-refractivity contribution in [2.45, 2.75) is 45.8 Å². The molecule has 1 aromatic carbocycles. The molecule has 0 fully saturated rings. The summed E-state index contributed by atoms with van der Waals surface area (Å²) >= 11 is 0. The molecule has 18 heavy (non-hydrogen) atoms. The minimum atomic E-state index is -0.874. The lowest BCUT2D eigenvalue weighted by Crippen LogP contribution is -2.25. The average Bonchev–Trinajstić information content (AvgIpc) is 2.29. The molecule has 0 heterocycles. The van der Waals surface area contributed by atoms with Gasteiger partial charge in [-0.15, -0.1) is 0 Å². The molecule has 1 N–H and O–H groups in total. The van der Waals surface area contributed by atoms with Crippen LogP contribution >= 0.6 is 0 Å². The number of halogens is 2. The summed E-state index contributed by atoms with van der Waals surface area (Å²) < 4.78 is 31.2. The van der Waals surface area contributed by atoms with Crippen LogP contribution in [0.4, 0.5) is 8.78 Å². The SMILES string of the molecule is CC(C)NCCCC(C)Oc1ccc(F)c(F)c1. The average molecular weight is 257 g/mol. The van der Waals surface area contributed by atoms with Crippen molar-refractivity contribution < 1.29 is 13.5 Å². The van der Waals surface area contributed by atoms with Crippen LogP contribution in [0.15, 0.2) is 18.2 Å². The fourth-order valence-corrected chi connectivity index (χ4v) is 1.62. The minimum absolute atomic E-state index is 0.0103. The molecule has 1 rings (SSSR count). The van der Waals surface area contributed by atoms with Crippen molar-refractivity contribution in [2.24, 2.45) is 0 Å². The van der Waals surface area contributed by atoms with Crippen LogP contribution in [0, 0.1) is 11.6 Å². The molecule has 0 aliphatic heterocycles. The lowest BCUT2D eigenvalue weighted by atomic mass is 10.2. The predicted molar refractivity (Wildman–Crippen MR) is 68.8 cm³/mol. The van der Waals surface area contributed by atoms with Crippen LogP contribution in [-0.2, 0) is 0 Å². The molecular formula is C14H21F2NO. The Morgan fingerprint density at radius 2 is 1.89 bits per heavy atom. The van der Waals surface area contributed by atoms with Crippen LogP contribution in [0.1, 0.15) is 33.6 Å². The Morgan fingerprint density at radius 3 is 2.50 bits per heavy atom. The smallest absolute Gasteiger partial charge is 0.162 e. The highest BCUT2D eigenvalue weighted by molar-refractivity contribution is 5.23. The molecule has 2 nitrogen and oxygen atoms in total. The molecule has 1 unspecified atom stereocenters. The topological polar surface area (TPSA) is 21.3 Å². The standard InChI is InChI=1S/C14H21F2NO/c1-10(2)17-8-4-5-11(3)18-12-6-7-13(15)14(16)9-12/h6-7,9-11,17H,4-5,8H2,1-3H3. The van der Waals surface area contributed by atoms with Gasteiger partial charge in [-0.1, -0.05) is 13.8 Å². The van der Waals surface area contributed by atoms with Crippen molar-refractivity contribution in [1.29, 1.82) is 0 Å². The van der Waals surface area contributed by atoms with Crippen LogP contribution in [0.3, 0.4) is 0 Å². The van der Waals surface area contributed by atoms with Crippen molar-refractivity contribution in [1.82, 2.24) is 5.32 Å². The minimum Gasteiger partial charge on any atom is -0.491 e. The third-order valence-electron chi connectivity index (χ3n) is 2.57. The summed E-state index contributed by atoms with van der Waals surface area (Å²) in [5.74, 6) is -1.35. The third-order valence-corrected chi connectivity index (χ3v) is 2.57. The van der Waals surface area contributed by atoms with E-state index in [1.807, 2.05) is 6.92 Å². The lowest BCUT2D eigenvalue weighted by molar-refractivity contribution is 0.206. The van der Waals surface area contributed by atoms with Gasteiger partial charge in [-0.25, -0.2) is 8.78 Å². The van der Waals surface area contributed by atoms with E-state index in [9.17, 15) is 8.78 Å². The molecule has 4 heteroatoms. The third kappa shape index (κ3) is 5.45. The quantitative estimate of drug-likeness (QED) is 0.755. The molecule has 0 amide bonds. The summed E-state index contributed by atoms with van der Waals surface area (Å²) in [7, 11) is 0. The first-order chi connectivity index (χ1) is 8.49. The molecule has 0 aromatic heterocycles. The zero-order valence-corrected chi connectivity index (χ0v) is 11.2. The van der Waals surface area contributed by atoms with Gasteiger partial charge < -0.3 is 10.1 Å². The summed E-state index contributed by atoms with van der Waals surface area (Å²) in [5, 5.41) is 3.32. The Kier molecular flexibility index (Phi) is 6.05. The highest BCUT2D eigenvalue weighted by Crippen LogP contribution is 2.17. The summed E-state index contributed by atoms with van der Waals surface area (Å²) in [6.07, 6.45) is 1.85. The summed E-state index contributed by atoms with van der Waals surface area (Å²) in [6, 6.07) is 4.09. The molecule has 0 radical (unpaired) electrons. The molecule has 0 spiro atoms. The lowest BCUT2D eigenvalue weighted by Gasteiger charge is -2.15. The Bertz CT molecular complexity index is 369. The van der Waals surface area contributed by atoms with Crippen LogP contribution < -0.4 is 10.1 Å². The maximum absolute atomic E-state index is 13.0. The van der Waals surface area contributed by atoms with Gasteiger partial charge in [0, 0.05) is 12.1 Å². The van der Waals surface area contributed by atoms with Gasteiger partial charge in [0.05, 0.1) is 6.10 Å². The van der Waals surface area contributed by atoms with Gasteiger partial charge in [0.15, 0.2) is 11.6 Å². The molecule has 0 aliphatic carbocycles. The van der Waals surface area contributed by atoms with Gasteiger partial charge in [0.2, 0.25) is 0 Å². The first kappa shape index (κ1) is 14.9. The van der Waals surface area contributed by atoms with Gasteiger partial charge in [-0.05, 0) is 38.4 Å². The molecule has 1 aromatic rings. The van der Waals surface area contributed by atoms with E-state index in [-0.39, 0.29) is 6.10 Å². The maximum atomic E-state index is 13.0. The number of nitrogens with one attached hydrogen (secondary N) is 1. The summed E-state index contributed by atoms with van der Waals surface area (Å²) in [5.41, 5.74) is 0. The number of benzene rings is 1. The number of rotatable bonds is 7. The van der Waals surface area contributed by atoms with E-state index in [1.165, 1.54) is 6.07 Å². The molecule has 0 saturated heterocycles. The van der Waals surface area contributed by atoms with Crippen molar-refractivity contribution in [3.05, 3.63) is 29.8 Å². The molecule has 102 valence electrons. The highest BCUT2D eigenvalue weighted by atomic mass is 19.2. The van der Waals surface area contributed by atoms with E-state index in [0.717, 1.165) is 31.5 Å².